The van der Waals surface area contributed by atoms with E-state index in [1.165, 1.54) is 16.7 Å². The van der Waals surface area contributed by atoms with Gasteiger partial charge >= 0.3 is 0 Å². The molecule has 0 saturated heterocycles. The van der Waals surface area contributed by atoms with Gasteiger partial charge in [0, 0.05) is 26.2 Å². The fourth-order valence-corrected chi connectivity index (χ4v) is 3.45. The Labute approximate surface area is 143 Å². The lowest BCUT2D eigenvalue weighted by molar-refractivity contribution is 0.0206. The number of fused-ring (bicyclic) bond motifs is 1. The fraction of sp³-hybridized carbons (Fsp3) is 0.400. The molecule has 2 aromatic carbocycles. The van der Waals surface area contributed by atoms with Crippen LogP contribution < -0.4 is 4.74 Å². The first-order valence-corrected chi connectivity index (χ1v) is 8.33. The third-order valence-electron chi connectivity index (χ3n) is 4.63. The van der Waals surface area contributed by atoms with Crippen LogP contribution in [0.4, 0.5) is 0 Å². The zero-order chi connectivity index (χ0) is 16.9. The molecule has 1 heterocycles. The van der Waals surface area contributed by atoms with E-state index < -0.39 is 6.10 Å². The molecule has 4 nitrogen and oxygen atoms in total. The average molecular weight is 327 g/mol. The number of hydrogen-bond donors (Lipinski definition) is 1. The molecule has 24 heavy (non-hydrogen) atoms. The maximum absolute atomic E-state index is 10.2. The molecule has 0 aliphatic carbocycles. The molecule has 0 amide bonds. The lowest BCUT2D eigenvalue weighted by Gasteiger charge is -2.38. The molecule has 0 fully saturated rings. The molecule has 0 spiro atoms. The molecule has 1 aliphatic rings. The summed E-state index contributed by atoms with van der Waals surface area (Å²) in [6, 6.07) is 17.1. The SMILES string of the molecule is COCC(O)CN1Cc2cc(OC)ccc2CC1c1ccccc1. The van der Waals surface area contributed by atoms with Gasteiger partial charge in [0.2, 0.25) is 0 Å². The molecule has 0 saturated carbocycles. The Hall–Kier alpha value is -1.88. The molecule has 128 valence electrons. The van der Waals surface area contributed by atoms with Crippen molar-refractivity contribution in [3.63, 3.8) is 0 Å². The molecular formula is C20H25NO3. The van der Waals surface area contributed by atoms with Crippen molar-refractivity contribution in [2.45, 2.75) is 25.1 Å². The first kappa shape index (κ1) is 17.0. The number of ether oxygens (including phenoxy) is 2. The topological polar surface area (TPSA) is 41.9 Å². The molecule has 0 radical (unpaired) electrons. The molecular weight excluding hydrogens is 302 g/mol. The summed E-state index contributed by atoms with van der Waals surface area (Å²) in [6.07, 6.45) is 0.441. The van der Waals surface area contributed by atoms with E-state index in [2.05, 4.69) is 41.3 Å². The number of nitrogens with zero attached hydrogens (tertiary/aromatic N) is 1. The second kappa shape index (κ2) is 7.79. The van der Waals surface area contributed by atoms with Gasteiger partial charge in [-0.2, -0.15) is 0 Å². The summed E-state index contributed by atoms with van der Waals surface area (Å²) in [5.41, 5.74) is 3.90. The van der Waals surface area contributed by atoms with Gasteiger partial charge in [0.1, 0.15) is 5.75 Å². The van der Waals surface area contributed by atoms with Crippen molar-refractivity contribution in [3.8, 4) is 5.75 Å². The summed E-state index contributed by atoms with van der Waals surface area (Å²) >= 11 is 0. The number of aliphatic hydroxyl groups is 1. The first-order valence-electron chi connectivity index (χ1n) is 8.33. The van der Waals surface area contributed by atoms with Gasteiger partial charge < -0.3 is 14.6 Å². The first-order chi connectivity index (χ1) is 11.7. The van der Waals surface area contributed by atoms with Crippen molar-refractivity contribution in [1.29, 1.82) is 0 Å². The second-order valence-corrected chi connectivity index (χ2v) is 6.30. The van der Waals surface area contributed by atoms with Crippen LogP contribution in [0.1, 0.15) is 22.7 Å². The van der Waals surface area contributed by atoms with Gasteiger partial charge in [0.25, 0.3) is 0 Å². The summed E-state index contributed by atoms with van der Waals surface area (Å²) in [4.78, 5) is 2.33. The van der Waals surface area contributed by atoms with Crippen LogP contribution in [0, 0.1) is 0 Å². The lowest BCUT2D eigenvalue weighted by Crippen LogP contribution is -2.40. The molecule has 0 aromatic heterocycles. The summed E-state index contributed by atoms with van der Waals surface area (Å²) in [7, 11) is 3.31. The van der Waals surface area contributed by atoms with E-state index in [0.29, 0.717) is 13.2 Å². The number of aliphatic hydroxyl groups excluding tert-OH is 1. The third-order valence-corrected chi connectivity index (χ3v) is 4.63. The van der Waals surface area contributed by atoms with Crippen molar-refractivity contribution in [2.75, 3.05) is 27.4 Å². The van der Waals surface area contributed by atoms with E-state index in [-0.39, 0.29) is 6.04 Å². The van der Waals surface area contributed by atoms with Crippen molar-refractivity contribution >= 4 is 0 Å². The molecule has 1 aliphatic heterocycles. The molecule has 2 aromatic rings. The zero-order valence-corrected chi connectivity index (χ0v) is 14.3. The lowest BCUT2D eigenvalue weighted by atomic mass is 9.89. The Bertz CT molecular complexity index is 659. The smallest absolute Gasteiger partial charge is 0.119 e. The zero-order valence-electron chi connectivity index (χ0n) is 14.3. The summed E-state index contributed by atoms with van der Waals surface area (Å²) in [5, 5.41) is 10.2. The van der Waals surface area contributed by atoms with Gasteiger partial charge in [-0.25, -0.2) is 0 Å². The summed E-state index contributed by atoms with van der Waals surface area (Å²) < 4.78 is 10.5. The van der Waals surface area contributed by atoms with Gasteiger partial charge in [-0.15, -0.1) is 0 Å². The number of β-amino-alcohol motifs (C(OH)–C–C–N with tert-alkyl or cyclic N) is 1. The molecule has 3 rings (SSSR count). The minimum absolute atomic E-state index is 0.263. The highest BCUT2D eigenvalue weighted by molar-refractivity contribution is 5.39. The highest BCUT2D eigenvalue weighted by Gasteiger charge is 2.29. The van der Waals surface area contributed by atoms with E-state index in [4.69, 9.17) is 9.47 Å². The van der Waals surface area contributed by atoms with Crippen LogP contribution in [0.25, 0.3) is 0 Å². The Balaban J connectivity index is 1.89. The van der Waals surface area contributed by atoms with Crippen LogP contribution in [0.2, 0.25) is 0 Å². The summed E-state index contributed by atoms with van der Waals surface area (Å²) in [6.45, 7) is 1.74. The fourth-order valence-electron chi connectivity index (χ4n) is 3.45. The third kappa shape index (κ3) is 3.78. The molecule has 4 heteroatoms. The van der Waals surface area contributed by atoms with E-state index in [9.17, 15) is 5.11 Å². The van der Waals surface area contributed by atoms with E-state index >= 15 is 0 Å². The standard InChI is InChI=1S/C20H25NO3/c1-23-14-18(22)13-21-12-17-10-19(24-2)9-8-16(17)11-20(21)15-6-4-3-5-7-15/h3-10,18,20,22H,11-14H2,1-2H3. The van der Waals surface area contributed by atoms with Crippen molar-refractivity contribution in [3.05, 3.63) is 65.2 Å². The van der Waals surface area contributed by atoms with Crippen LogP contribution in [-0.2, 0) is 17.7 Å². The van der Waals surface area contributed by atoms with Crippen LogP contribution in [0.3, 0.4) is 0 Å². The Morgan fingerprint density at radius 1 is 1.12 bits per heavy atom. The molecule has 1 N–H and O–H groups in total. The largest absolute Gasteiger partial charge is 0.497 e. The van der Waals surface area contributed by atoms with Gasteiger partial charge in [-0.05, 0) is 35.2 Å². The van der Waals surface area contributed by atoms with Gasteiger partial charge in [0.15, 0.2) is 0 Å². The van der Waals surface area contributed by atoms with Gasteiger partial charge in [-0.3, -0.25) is 4.90 Å². The maximum Gasteiger partial charge on any atom is 0.119 e. The molecule has 0 bridgehead atoms. The predicted molar refractivity (Wildman–Crippen MR) is 94.2 cm³/mol. The van der Waals surface area contributed by atoms with E-state index in [1.807, 2.05) is 12.1 Å². The van der Waals surface area contributed by atoms with Crippen LogP contribution in [-0.4, -0.2) is 43.5 Å². The maximum atomic E-state index is 10.2. The van der Waals surface area contributed by atoms with Crippen molar-refractivity contribution in [1.82, 2.24) is 4.90 Å². The van der Waals surface area contributed by atoms with Crippen LogP contribution in [0.5, 0.6) is 5.75 Å². The number of methoxy groups -OCH3 is 2. The van der Waals surface area contributed by atoms with Crippen molar-refractivity contribution < 1.29 is 14.6 Å². The van der Waals surface area contributed by atoms with Crippen LogP contribution in [0.15, 0.2) is 48.5 Å². The highest BCUT2D eigenvalue weighted by atomic mass is 16.5. The predicted octanol–water partition coefficient (Wildman–Crippen LogP) is 2.80. The van der Waals surface area contributed by atoms with E-state index in [0.717, 1.165) is 18.7 Å². The highest BCUT2D eigenvalue weighted by Crippen LogP contribution is 2.34. The van der Waals surface area contributed by atoms with Crippen molar-refractivity contribution in [2.24, 2.45) is 0 Å². The number of benzene rings is 2. The minimum Gasteiger partial charge on any atom is -0.497 e. The Kier molecular flexibility index (Phi) is 5.51. The quantitative estimate of drug-likeness (QED) is 0.886. The monoisotopic (exact) mass is 327 g/mol. The average Bonchev–Trinajstić information content (AvgIpc) is 2.61. The normalized spacial score (nSPS) is 18.9. The van der Waals surface area contributed by atoms with E-state index in [1.54, 1.807) is 14.2 Å². The number of hydrogen-bond acceptors (Lipinski definition) is 4. The van der Waals surface area contributed by atoms with Gasteiger partial charge in [-0.1, -0.05) is 36.4 Å². The minimum atomic E-state index is -0.492. The number of rotatable bonds is 6. The molecule has 2 atom stereocenters. The molecule has 2 unspecified atom stereocenters. The Morgan fingerprint density at radius 3 is 2.62 bits per heavy atom. The Morgan fingerprint density at radius 2 is 1.92 bits per heavy atom. The van der Waals surface area contributed by atoms with Gasteiger partial charge in [0.05, 0.1) is 19.8 Å². The second-order valence-electron chi connectivity index (χ2n) is 6.30. The summed E-state index contributed by atoms with van der Waals surface area (Å²) in [5.74, 6) is 0.879. The van der Waals surface area contributed by atoms with Crippen LogP contribution >= 0.6 is 0 Å².